The van der Waals surface area contributed by atoms with Crippen molar-refractivity contribution in [2.24, 2.45) is 0 Å². The maximum Gasteiger partial charge on any atom is 0.0257 e. The van der Waals surface area contributed by atoms with Crippen LogP contribution in [0.15, 0.2) is 12.3 Å². The standard InChI is InChI=1S/C14H29N/c1-5-8-9-12-13(4)15-14(10-6-2)11-7-3/h14-15H,4-12H2,1-3H3. The summed E-state index contributed by atoms with van der Waals surface area (Å²) in [6.45, 7) is 10.9. The van der Waals surface area contributed by atoms with Crippen LogP contribution in [0.5, 0.6) is 0 Å². The second kappa shape index (κ2) is 10.1. The second-order valence-corrected chi connectivity index (χ2v) is 4.48. The Labute approximate surface area is 96.3 Å². The van der Waals surface area contributed by atoms with Crippen LogP contribution in [0.2, 0.25) is 0 Å². The smallest absolute Gasteiger partial charge is 0.0257 e. The fourth-order valence-electron chi connectivity index (χ4n) is 1.93. The van der Waals surface area contributed by atoms with Crippen molar-refractivity contribution >= 4 is 0 Å². The summed E-state index contributed by atoms with van der Waals surface area (Å²) in [5.74, 6) is 0. The van der Waals surface area contributed by atoms with Crippen LogP contribution in [0.3, 0.4) is 0 Å². The minimum Gasteiger partial charge on any atom is -0.386 e. The lowest BCUT2D eigenvalue weighted by molar-refractivity contribution is 0.471. The summed E-state index contributed by atoms with van der Waals surface area (Å²) in [4.78, 5) is 0. The molecule has 1 N–H and O–H groups in total. The van der Waals surface area contributed by atoms with Crippen LogP contribution in [-0.2, 0) is 0 Å². The molecule has 0 aliphatic rings. The van der Waals surface area contributed by atoms with Gasteiger partial charge in [0.15, 0.2) is 0 Å². The molecule has 1 nitrogen and oxygen atoms in total. The molecule has 0 aliphatic carbocycles. The summed E-state index contributed by atoms with van der Waals surface area (Å²) in [6, 6.07) is 0.661. The van der Waals surface area contributed by atoms with Crippen molar-refractivity contribution in [3.05, 3.63) is 12.3 Å². The Bertz CT molecular complexity index is 145. The molecule has 0 saturated carbocycles. The third kappa shape index (κ3) is 8.53. The lowest BCUT2D eigenvalue weighted by Gasteiger charge is -2.20. The Hall–Kier alpha value is -0.460. The molecule has 0 unspecified atom stereocenters. The summed E-state index contributed by atoms with van der Waals surface area (Å²) in [7, 11) is 0. The van der Waals surface area contributed by atoms with Gasteiger partial charge in [-0.25, -0.2) is 0 Å². The zero-order chi connectivity index (χ0) is 11.5. The molecule has 0 heterocycles. The van der Waals surface area contributed by atoms with Gasteiger partial charge in [0.25, 0.3) is 0 Å². The van der Waals surface area contributed by atoms with Crippen LogP contribution in [0.4, 0.5) is 0 Å². The van der Waals surface area contributed by atoms with E-state index in [1.54, 1.807) is 0 Å². The van der Waals surface area contributed by atoms with Crippen molar-refractivity contribution in [3.63, 3.8) is 0 Å². The van der Waals surface area contributed by atoms with Gasteiger partial charge in [0.05, 0.1) is 0 Å². The largest absolute Gasteiger partial charge is 0.386 e. The SMILES string of the molecule is C=C(CCCCC)NC(CCC)CCC. The summed E-state index contributed by atoms with van der Waals surface area (Å²) in [6.07, 6.45) is 10.1. The van der Waals surface area contributed by atoms with E-state index in [4.69, 9.17) is 0 Å². The van der Waals surface area contributed by atoms with Crippen molar-refractivity contribution in [2.45, 2.75) is 78.2 Å². The topological polar surface area (TPSA) is 12.0 Å². The molecule has 0 bridgehead atoms. The maximum atomic E-state index is 4.12. The first-order valence-electron chi connectivity index (χ1n) is 6.68. The van der Waals surface area contributed by atoms with Crippen LogP contribution < -0.4 is 5.32 Å². The molecule has 1 heteroatoms. The van der Waals surface area contributed by atoms with E-state index >= 15 is 0 Å². The fraction of sp³-hybridized carbons (Fsp3) is 0.857. The lowest BCUT2D eigenvalue weighted by Crippen LogP contribution is -2.27. The molecule has 0 atom stereocenters. The van der Waals surface area contributed by atoms with Crippen molar-refractivity contribution in [3.8, 4) is 0 Å². The minimum absolute atomic E-state index is 0.661. The molecule has 0 aromatic heterocycles. The van der Waals surface area contributed by atoms with Gasteiger partial charge in [0.2, 0.25) is 0 Å². The van der Waals surface area contributed by atoms with E-state index in [9.17, 15) is 0 Å². The minimum atomic E-state index is 0.661. The molecule has 0 rings (SSSR count). The third-order valence-corrected chi connectivity index (χ3v) is 2.76. The van der Waals surface area contributed by atoms with Crippen molar-refractivity contribution in [1.29, 1.82) is 0 Å². The second-order valence-electron chi connectivity index (χ2n) is 4.48. The number of rotatable bonds is 10. The van der Waals surface area contributed by atoms with Gasteiger partial charge in [-0.3, -0.25) is 0 Å². The van der Waals surface area contributed by atoms with E-state index in [1.165, 1.54) is 50.6 Å². The van der Waals surface area contributed by atoms with Crippen molar-refractivity contribution in [1.82, 2.24) is 5.32 Å². The van der Waals surface area contributed by atoms with Gasteiger partial charge in [-0.2, -0.15) is 0 Å². The number of hydrogen-bond donors (Lipinski definition) is 1. The normalized spacial score (nSPS) is 10.7. The maximum absolute atomic E-state index is 4.12. The van der Waals surface area contributed by atoms with E-state index in [1.807, 2.05) is 0 Å². The average Bonchev–Trinajstić information content (AvgIpc) is 2.19. The van der Waals surface area contributed by atoms with Crippen molar-refractivity contribution in [2.75, 3.05) is 0 Å². The Balaban J connectivity index is 3.67. The highest BCUT2D eigenvalue weighted by molar-refractivity contribution is 4.93. The Morgan fingerprint density at radius 3 is 2.07 bits per heavy atom. The molecule has 90 valence electrons. The molecule has 0 aromatic rings. The quantitative estimate of drug-likeness (QED) is 0.519. The van der Waals surface area contributed by atoms with Gasteiger partial charge in [0, 0.05) is 11.7 Å². The van der Waals surface area contributed by atoms with Crippen LogP contribution in [-0.4, -0.2) is 6.04 Å². The van der Waals surface area contributed by atoms with Gasteiger partial charge in [-0.1, -0.05) is 53.0 Å². The molecule has 0 spiro atoms. The summed E-state index contributed by atoms with van der Waals surface area (Å²) >= 11 is 0. The Morgan fingerprint density at radius 1 is 1.00 bits per heavy atom. The molecule has 0 aliphatic heterocycles. The van der Waals surface area contributed by atoms with E-state index in [2.05, 4.69) is 32.7 Å². The number of nitrogens with one attached hydrogen (secondary N) is 1. The Morgan fingerprint density at radius 2 is 1.60 bits per heavy atom. The first-order valence-corrected chi connectivity index (χ1v) is 6.68. The van der Waals surface area contributed by atoms with Gasteiger partial charge in [0.1, 0.15) is 0 Å². The van der Waals surface area contributed by atoms with E-state index in [0.29, 0.717) is 6.04 Å². The summed E-state index contributed by atoms with van der Waals surface area (Å²) < 4.78 is 0. The molecule has 0 aromatic carbocycles. The third-order valence-electron chi connectivity index (χ3n) is 2.76. The highest BCUT2D eigenvalue weighted by Gasteiger charge is 2.06. The van der Waals surface area contributed by atoms with Gasteiger partial charge < -0.3 is 5.32 Å². The van der Waals surface area contributed by atoms with Gasteiger partial charge in [-0.05, 0) is 25.7 Å². The zero-order valence-corrected chi connectivity index (χ0v) is 10.9. The molecule has 15 heavy (non-hydrogen) atoms. The molecule has 0 amide bonds. The highest BCUT2D eigenvalue weighted by atomic mass is 14.9. The van der Waals surface area contributed by atoms with Crippen LogP contribution in [0.1, 0.15) is 72.1 Å². The lowest BCUT2D eigenvalue weighted by atomic mass is 10.1. The zero-order valence-electron chi connectivity index (χ0n) is 10.9. The average molecular weight is 211 g/mol. The van der Waals surface area contributed by atoms with Crippen LogP contribution >= 0.6 is 0 Å². The highest BCUT2D eigenvalue weighted by Crippen LogP contribution is 2.10. The first-order chi connectivity index (χ1) is 7.24. The van der Waals surface area contributed by atoms with E-state index < -0.39 is 0 Å². The van der Waals surface area contributed by atoms with Crippen molar-refractivity contribution < 1.29 is 0 Å². The van der Waals surface area contributed by atoms with E-state index in [-0.39, 0.29) is 0 Å². The number of allylic oxidation sites excluding steroid dienone is 1. The summed E-state index contributed by atoms with van der Waals surface area (Å²) in [5, 5.41) is 3.58. The van der Waals surface area contributed by atoms with Gasteiger partial charge in [-0.15, -0.1) is 0 Å². The van der Waals surface area contributed by atoms with E-state index in [0.717, 1.165) is 6.42 Å². The summed E-state index contributed by atoms with van der Waals surface area (Å²) in [5.41, 5.74) is 1.25. The molecular weight excluding hydrogens is 182 g/mol. The number of unbranched alkanes of at least 4 members (excludes halogenated alkanes) is 2. The predicted octanol–water partition coefficient (Wildman–Crippen LogP) is 4.64. The first kappa shape index (κ1) is 14.5. The molecule has 0 fully saturated rings. The Kier molecular flexibility index (Phi) is 9.76. The molecule has 0 radical (unpaired) electrons. The van der Waals surface area contributed by atoms with Crippen LogP contribution in [0, 0.1) is 0 Å². The predicted molar refractivity (Wildman–Crippen MR) is 70.0 cm³/mol. The van der Waals surface area contributed by atoms with Gasteiger partial charge >= 0.3 is 0 Å². The number of hydrogen-bond acceptors (Lipinski definition) is 1. The van der Waals surface area contributed by atoms with Crippen LogP contribution in [0.25, 0.3) is 0 Å². The molecular formula is C14H29N. The monoisotopic (exact) mass is 211 g/mol. The molecule has 0 saturated heterocycles. The fourth-order valence-corrected chi connectivity index (χ4v) is 1.93.